The van der Waals surface area contributed by atoms with Crippen LogP contribution < -0.4 is 14.8 Å². The van der Waals surface area contributed by atoms with E-state index in [-0.39, 0.29) is 11.8 Å². The fourth-order valence-electron chi connectivity index (χ4n) is 3.86. The van der Waals surface area contributed by atoms with E-state index in [1.54, 1.807) is 7.11 Å². The van der Waals surface area contributed by atoms with Gasteiger partial charge in [0.25, 0.3) is 0 Å². The van der Waals surface area contributed by atoms with E-state index in [1.165, 1.54) is 5.56 Å². The van der Waals surface area contributed by atoms with Gasteiger partial charge in [0.05, 0.1) is 13.0 Å². The van der Waals surface area contributed by atoms with Crippen LogP contribution in [0.5, 0.6) is 17.2 Å². The molecule has 1 unspecified atom stereocenters. The number of benzene rings is 3. The molecule has 0 aromatic heterocycles. The van der Waals surface area contributed by atoms with Crippen LogP contribution in [0, 0.1) is 5.92 Å². The zero-order valence-corrected chi connectivity index (χ0v) is 17.8. The SMILES string of the molecule is COc1ccc(CNC(=O)C2CCN(Cc3cccc(Oc4ccccc4)c3)C2)cc1. The van der Waals surface area contributed by atoms with Crippen LogP contribution >= 0.6 is 0 Å². The van der Waals surface area contributed by atoms with E-state index in [2.05, 4.69) is 22.3 Å². The van der Waals surface area contributed by atoms with Crippen molar-refractivity contribution in [3.8, 4) is 17.2 Å². The van der Waals surface area contributed by atoms with Crippen molar-refractivity contribution in [2.75, 3.05) is 20.2 Å². The molecule has 0 radical (unpaired) electrons. The highest BCUT2D eigenvalue weighted by molar-refractivity contribution is 5.79. The quantitative estimate of drug-likeness (QED) is 0.582. The summed E-state index contributed by atoms with van der Waals surface area (Å²) in [4.78, 5) is 14.9. The molecule has 1 aliphatic rings. The third kappa shape index (κ3) is 5.86. The minimum Gasteiger partial charge on any atom is -0.497 e. The van der Waals surface area contributed by atoms with Gasteiger partial charge in [0, 0.05) is 19.6 Å². The monoisotopic (exact) mass is 416 g/mol. The Kier molecular flexibility index (Phi) is 6.85. The molecule has 1 atom stereocenters. The van der Waals surface area contributed by atoms with Gasteiger partial charge >= 0.3 is 0 Å². The van der Waals surface area contributed by atoms with E-state index in [1.807, 2.05) is 66.7 Å². The lowest BCUT2D eigenvalue weighted by atomic mass is 10.1. The highest BCUT2D eigenvalue weighted by Crippen LogP contribution is 2.24. The zero-order valence-electron chi connectivity index (χ0n) is 17.8. The van der Waals surface area contributed by atoms with Crippen LogP contribution in [0.4, 0.5) is 0 Å². The maximum absolute atomic E-state index is 12.6. The van der Waals surface area contributed by atoms with Gasteiger partial charge in [-0.1, -0.05) is 42.5 Å². The Morgan fingerprint density at radius 3 is 2.48 bits per heavy atom. The summed E-state index contributed by atoms with van der Waals surface area (Å²) >= 11 is 0. The summed E-state index contributed by atoms with van der Waals surface area (Å²) in [6, 6.07) is 25.7. The van der Waals surface area contributed by atoms with E-state index in [0.717, 1.165) is 48.9 Å². The molecule has 1 fully saturated rings. The number of ether oxygens (including phenoxy) is 2. The minimum absolute atomic E-state index is 0.0296. The number of carbonyl (C=O) groups is 1. The molecule has 1 N–H and O–H groups in total. The molecule has 0 spiro atoms. The first-order valence-corrected chi connectivity index (χ1v) is 10.6. The molecular weight excluding hydrogens is 388 g/mol. The zero-order chi connectivity index (χ0) is 21.5. The van der Waals surface area contributed by atoms with Gasteiger partial charge in [-0.2, -0.15) is 0 Å². The summed E-state index contributed by atoms with van der Waals surface area (Å²) in [5.74, 6) is 2.63. The molecule has 3 aromatic rings. The second kappa shape index (κ2) is 10.1. The average molecular weight is 417 g/mol. The smallest absolute Gasteiger partial charge is 0.224 e. The third-order valence-corrected chi connectivity index (χ3v) is 5.55. The van der Waals surface area contributed by atoms with E-state index < -0.39 is 0 Å². The van der Waals surface area contributed by atoms with Crippen LogP contribution in [0.15, 0.2) is 78.9 Å². The van der Waals surface area contributed by atoms with Crippen molar-refractivity contribution in [1.82, 2.24) is 10.2 Å². The molecule has 160 valence electrons. The third-order valence-electron chi connectivity index (χ3n) is 5.55. The fourth-order valence-corrected chi connectivity index (χ4v) is 3.86. The summed E-state index contributed by atoms with van der Waals surface area (Å²) in [5.41, 5.74) is 2.26. The van der Waals surface area contributed by atoms with Crippen molar-refractivity contribution >= 4 is 5.91 Å². The topological polar surface area (TPSA) is 50.8 Å². The van der Waals surface area contributed by atoms with Gasteiger partial charge < -0.3 is 14.8 Å². The molecule has 1 amide bonds. The molecule has 5 heteroatoms. The Bertz CT molecular complexity index is 989. The van der Waals surface area contributed by atoms with Crippen LogP contribution in [0.3, 0.4) is 0 Å². The van der Waals surface area contributed by atoms with E-state index in [4.69, 9.17) is 9.47 Å². The first-order chi connectivity index (χ1) is 15.2. The largest absolute Gasteiger partial charge is 0.497 e. The minimum atomic E-state index is 0.0296. The Morgan fingerprint density at radius 2 is 1.71 bits per heavy atom. The van der Waals surface area contributed by atoms with Crippen molar-refractivity contribution in [3.63, 3.8) is 0 Å². The molecule has 0 saturated carbocycles. The summed E-state index contributed by atoms with van der Waals surface area (Å²) in [6.45, 7) is 3.05. The van der Waals surface area contributed by atoms with Crippen LogP contribution in [-0.2, 0) is 17.9 Å². The highest BCUT2D eigenvalue weighted by Gasteiger charge is 2.28. The van der Waals surface area contributed by atoms with Gasteiger partial charge in [-0.15, -0.1) is 0 Å². The molecule has 0 bridgehead atoms. The molecule has 3 aromatic carbocycles. The van der Waals surface area contributed by atoms with Crippen LogP contribution in [0.2, 0.25) is 0 Å². The summed E-state index contributed by atoms with van der Waals surface area (Å²) < 4.78 is 11.1. The Labute approximate surface area is 183 Å². The first-order valence-electron chi connectivity index (χ1n) is 10.6. The number of nitrogens with one attached hydrogen (secondary N) is 1. The van der Waals surface area contributed by atoms with Crippen molar-refractivity contribution in [3.05, 3.63) is 90.0 Å². The Balaban J connectivity index is 1.26. The predicted octanol–water partition coefficient (Wildman–Crippen LogP) is 4.63. The Hall–Kier alpha value is -3.31. The number of rotatable bonds is 8. The number of hydrogen-bond donors (Lipinski definition) is 1. The molecule has 4 rings (SSSR count). The number of para-hydroxylation sites is 1. The lowest BCUT2D eigenvalue weighted by Gasteiger charge is -2.17. The van der Waals surface area contributed by atoms with Crippen LogP contribution in [0.1, 0.15) is 17.5 Å². The molecule has 1 saturated heterocycles. The number of likely N-dealkylation sites (tertiary alicyclic amines) is 1. The summed E-state index contributed by atoms with van der Waals surface area (Å²) in [6.07, 6.45) is 0.884. The molecule has 1 heterocycles. The number of carbonyl (C=O) groups excluding carboxylic acids is 1. The van der Waals surface area contributed by atoms with Crippen molar-refractivity contribution in [2.45, 2.75) is 19.5 Å². The molecule has 5 nitrogen and oxygen atoms in total. The maximum atomic E-state index is 12.6. The second-order valence-corrected chi connectivity index (χ2v) is 7.85. The number of methoxy groups -OCH3 is 1. The second-order valence-electron chi connectivity index (χ2n) is 7.85. The number of amides is 1. The number of hydrogen-bond acceptors (Lipinski definition) is 4. The van der Waals surface area contributed by atoms with Crippen molar-refractivity contribution in [1.29, 1.82) is 0 Å². The molecular formula is C26H28N2O3. The standard InChI is InChI=1S/C26H28N2O3/c1-30-23-12-10-20(11-13-23)17-27-26(29)22-14-15-28(19-22)18-21-6-5-9-25(16-21)31-24-7-3-2-4-8-24/h2-13,16,22H,14-15,17-19H2,1H3,(H,27,29). The maximum Gasteiger partial charge on any atom is 0.224 e. The lowest BCUT2D eigenvalue weighted by molar-refractivity contribution is -0.124. The van der Waals surface area contributed by atoms with Crippen molar-refractivity contribution in [2.24, 2.45) is 5.92 Å². The normalized spacial score (nSPS) is 16.1. The van der Waals surface area contributed by atoms with E-state index in [9.17, 15) is 4.79 Å². The average Bonchev–Trinajstić information content (AvgIpc) is 3.27. The molecule has 31 heavy (non-hydrogen) atoms. The summed E-state index contributed by atoms with van der Waals surface area (Å²) in [7, 11) is 1.65. The van der Waals surface area contributed by atoms with Gasteiger partial charge in [0.15, 0.2) is 0 Å². The van der Waals surface area contributed by atoms with Gasteiger partial charge in [0.1, 0.15) is 17.2 Å². The molecule has 0 aliphatic carbocycles. The van der Waals surface area contributed by atoms with E-state index in [0.29, 0.717) is 6.54 Å². The molecule has 1 aliphatic heterocycles. The lowest BCUT2D eigenvalue weighted by Crippen LogP contribution is -2.32. The van der Waals surface area contributed by atoms with Crippen LogP contribution in [0.25, 0.3) is 0 Å². The first kappa shape index (κ1) is 20.9. The highest BCUT2D eigenvalue weighted by atomic mass is 16.5. The van der Waals surface area contributed by atoms with E-state index >= 15 is 0 Å². The fraction of sp³-hybridized carbons (Fsp3) is 0.269. The van der Waals surface area contributed by atoms with Crippen LogP contribution in [-0.4, -0.2) is 31.0 Å². The Morgan fingerprint density at radius 1 is 0.935 bits per heavy atom. The van der Waals surface area contributed by atoms with Gasteiger partial charge in [0.2, 0.25) is 5.91 Å². The van der Waals surface area contributed by atoms with Crippen molar-refractivity contribution < 1.29 is 14.3 Å². The summed E-state index contributed by atoms with van der Waals surface area (Å²) in [5, 5.41) is 3.07. The van der Waals surface area contributed by atoms with Gasteiger partial charge in [-0.3, -0.25) is 9.69 Å². The van der Waals surface area contributed by atoms with Gasteiger partial charge in [-0.25, -0.2) is 0 Å². The predicted molar refractivity (Wildman–Crippen MR) is 121 cm³/mol. The van der Waals surface area contributed by atoms with Gasteiger partial charge in [-0.05, 0) is 60.5 Å². The number of nitrogens with zero attached hydrogens (tertiary/aromatic N) is 1.